The van der Waals surface area contributed by atoms with Crippen LogP contribution in [0.5, 0.6) is 0 Å². The topological polar surface area (TPSA) is 80.6 Å². The van der Waals surface area contributed by atoms with Gasteiger partial charge in [-0.25, -0.2) is 4.79 Å². The molecule has 0 saturated heterocycles. The third-order valence-electron chi connectivity index (χ3n) is 2.17. The summed E-state index contributed by atoms with van der Waals surface area (Å²) in [7, 11) is 1.61. The quantitative estimate of drug-likeness (QED) is 0.673. The Kier molecular flexibility index (Phi) is 5.22. The van der Waals surface area contributed by atoms with Crippen molar-refractivity contribution in [1.82, 2.24) is 9.88 Å². The maximum absolute atomic E-state index is 11.4. The molecule has 1 aromatic heterocycles. The van der Waals surface area contributed by atoms with Gasteiger partial charge < -0.3 is 19.7 Å². The van der Waals surface area contributed by atoms with Crippen LogP contribution in [0.2, 0.25) is 0 Å². The summed E-state index contributed by atoms with van der Waals surface area (Å²) < 4.78 is 6.39. The predicted molar refractivity (Wildman–Crippen MR) is 60.9 cm³/mol. The highest BCUT2D eigenvalue weighted by Crippen LogP contribution is 2.00. The van der Waals surface area contributed by atoms with E-state index >= 15 is 0 Å². The summed E-state index contributed by atoms with van der Waals surface area (Å²) in [5, 5.41) is 11.4. The van der Waals surface area contributed by atoms with E-state index in [0.29, 0.717) is 13.2 Å². The Balaban J connectivity index is 2.32. The Labute approximate surface area is 99.2 Å². The Morgan fingerprint density at radius 1 is 1.53 bits per heavy atom. The molecule has 1 aromatic rings. The number of nitrogens with one attached hydrogen (secondary N) is 1. The number of amides is 1. The fourth-order valence-electron chi connectivity index (χ4n) is 1.33. The zero-order chi connectivity index (χ0) is 12.7. The highest BCUT2D eigenvalue weighted by molar-refractivity contribution is 5.87. The number of hydrogen-bond acceptors (Lipinski definition) is 3. The van der Waals surface area contributed by atoms with Gasteiger partial charge in [-0.1, -0.05) is 0 Å². The van der Waals surface area contributed by atoms with Crippen LogP contribution in [0.15, 0.2) is 18.5 Å². The normalized spacial score (nSPS) is 10.2. The lowest BCUT2D eigenvalue weighted by molar-refractivity contribution is -0.121. The summed E-state index contributed by atoms with van der Waals surface area (Å²) in [5.41, 5.74) is 0.178. The summed E-state index contributed by atoms with van der Waals surface area (Å²) in [4.78, 5) is 22.1. The molecule has 6 heteroatoms. The zero-order valence-electron chi connectivity index (χ0n) is 9.68. The first-order valence-corrected chi connectivity index (χ1v) is 5.28. The molecule has 0 spiro atoms. The molecule has 1 heterocycles. The van der Waals surface area contributed by atoms with Crippen molar-refractivity contribution in [2.45, 2.75) is 13.0 Å². The van der Waals surface area contributed by atoms with E-state index in [0.717, 1.165) is 6.42 Å². The van der Waals surface area contributed by atoms with Crippen LogP contribution in [0.4, 0.5) is 0 Å². The van der Waals surface area contributed by atoms with Gasteiger partial charge in [-0.15, -0.1) is 0 Å². The van der Waals surface area contributed by atoms with E-state index in [1.54, 1.807) is 13.3 Å². The van der Waals surface area contributed by atoms with Crippen LogP contribution in [0, 0.1) is 0 Å². The van der Waals surface area contributed by atoms with Crippen LogP contribution in [0.1, 0.15) is 16.8 Å². The maximum Gasteiger partial charge on any atom is 0.337 e. The molecule has 6 nitrogen and oxygen atoms in total. The Morgan fingerprint density at radius 3 is 2.88 bits per heavy atom. The van der Waals surface area contributed by atoms with E-state index in [-0.39, 0.29) is 18.0 Å². The minimum Gasteiger partial charge on any atom is -0.478 e. The van der Waals surface area contributed by atoms with E-state index in [1.807, 2.05) is 0 Å². The number of methoxy groups -OCH3 is 1. The van der Waals surface area contributed by atoms with Gasteiger partial charge >= 0.3 is 5.97 Å². The molecular weight excluding hydrogens is 224 g/mol. The van der Waals surface area contributed by atoms with E-state index in [4.69, 9.17) is 9.84 Å². The molecule has 0 atom stereocenters. The molecule has 1 rings (SSSR count). The van der Waals surface area contributed by atoms with Gasteiger partial charge in [-0.05, 0) is 12.5 Å². The summed E-state index contributed by atoms with van der Waals surface area (Å²) in [6, 6.07) is 1.46. The molecule has 0 aliphatic heterocycles. The second-order valence-electron chi connectivity index (χ2n) is 3.57. The number of hydrogen-bond donors (Lipinski definition) is 2. The number of rotatable bonds is 7. The van der Waals surface area contributed by atoms with Crippen LogP contribution < -0.4 is 5.32 Å². The molecule has 0 unspecified atom stereocenters. The molecule has 0 aliphatic carbocycles. The van der Waals surface area contributed by atoms with Crippen LogP contribution in [0.3, 0.4) is 0 Å². The van der Waals surface area contributed by atoms with Crippen LogP contribution >= 0.6 is 0 Å². The predicted octanol–water partition coefficient (Wildman–Crippen LogP) is 0.339. The summed E-state index contributed by atoms with van der Waals surface area (Å²) >= 11 is 0. The number of carbonyl (C=O) groups excluding carboxylic acids is 1. The number of carboxylic acids is 1. The Bertz CT molecular complexity index is 387. The summed E-state index contributed by atoms with van der Waals surface area (Å²) in [6.45, 7) is 1.28. The fraction of sp³-hybridized carbons (Fsp3) is 0.455. The summed E-state index contributed by atoms with van der Waals surface area (Å²) in [5.74, 6) is -1.14. The molecule has 0 saturated carbocycles. The molecular formula is C11H16N2O4. The van der Waals surface area contributed by atoms with E-state index in [9.17, 15) is 9.59 Å². The second kappa shape index (κ2) is 6.70. The average Bonchev–Trinajstić information content (AvgIpc) is 2.73. The first-order valence-electron chi connectivity index (χ1n) is 5.28. The van der Waals surface area contributed by atoms with Gasteiger partial charge in [-0.3, -0.25) is 4.79 Å². The minimum atomic E-state index is -0.996. The first kappa shape index (κ1) is 13.2. The van der Waals surface area contributed by atoms with Crippen LogP contribution in [0.25, 0.3) is 0 Å². The SMILES string of the molecule is COCCCNC(=O)Cn1ccc(C(=O)O)c1. The second-order valence-corrected chi connectivity index (χ2v) is 3.57. The number of carbonyl (C=O) groups is 2. The number of carboxylic acid groups (broad SMARTS) is 1. The van der Waals surface area contributed by atoms with Crippen molar-refractivity contribution in [1.29, 1.82) is 0 Å². The maximum atomic E-state index is 11.4. The lowest BCUT2D eigenvalue weighted by Crippen LogP contribution is -2.28. The molecule has 0 aliphatic rings. The van der Waals surface area contributed by atoms with Crippen molar-refractivity contribution in [2.24, 2.45) is 0 Å². The van der Waals surface area contributed by atoms with E-state index in [2.05, 4.69) is 5.32 Å². The third-order valence-corrected chi connectivity index (χ3v) is 2.17. The molecule has 2 N–H and O–H groups in total. The molecule has 1 amide bonds. The number of aromatic nitrogens is 1. The lowest BCUT2D eigenvalue weighted by Gasteiger charge is -2.05. The Hall–Kier alpha value is -1.82. The first-order chi connectivity index (χ1) is 8.13. The monoisotopic (exact) mass is 240 g/mol. The van der Waals surface area contributed by atoms with Gasteiger partial charge in [0.2, 0.25) is 5.91 Å². The van der Waals surface area contributed by atoms with Crippen molar-refractivity contribution >= 4 is 11.9 Å². The van der Waals surface area contributed by atoms with Crippen molar-refractivity contribution in [3.05, 3.63) is 24.0 Å². The smallest absolute Gasteiger partial charge is 0.337 e. The van der Waals surface area contributed by atoms with Gasteiger partial charge in [-0.2, -0.15) is 0 Å². The van der Waals surface area contributed by atoms with Crippen LogP contribution in [-0.4, -0.2) is 41.8 Å². The molecule has 0 radical (unpaired) electrons. The van der Waals surface area contributed by atoms with Gasteiger partial charge in [0, 0.05) is 32.7 Å². The molecule has 17 heavy (non-hydrogen) atoms. The third kappa shape index (κ3) is 4.69. The number of aromatic carboxylic acids is 1. The standard InChI is InChI=1S/C11H16N2O4/c1-17-6-2-4-12-10(14)8-13-5-3-9(7-13)11(15)16/h3,5,7H,2,4,6,8H2,1H3,(H,12,14)(H,15,16). The molecule has 0 aromatic carbocycles. The van der Waals surface area contributed by atoms with E-state index in [1.165, 1.54) is 16.8 Å². The number of ether oxygens (including phenoxy) is 1. The van der Waals surface area contributed by atoms with Gasteiger partial charge in [0.1, 0.15) is 6.54 Å². The average molecular weight is 240 g/mol. The lowest BCUT2D eigenvalue weighted by atomic mass is 10.4. The fourth-order valence-corrected chi connectivity index (χ4v) is 1.33. The summed E-state index contributed by atoms with van der Waals surface area (Å²) in [6.07, 6.45) is 3.75. The van der Waals surface area contributed by atoms with E-state index < -0.39 is 5.97 Å². The number of nitrogens with zero attached hydrogens (tertiary/aromatic N) is 1. The molecule has 94 valence electrons. The highest BCUT2D eigenvalue weighted by atomic mass is 16.5. The highest BCUT2D eigenvalue weighted by Gasteiger charge is 2.06. The van der Waals surface area contributed by atoms with Gasteiger partial charge in [0.25, 0.3) is 0 Å². The largest absolute Gasteiger partial charge is 0.478 e. The van der Waals surface area contributed by atoms with Crippen molar-refractivity contribution in [3.63, 3.8) is 0 Å². The van der Waals surface area contributed by atoms with Crippen molar-refractivity contribution in [2.75, 3.05) is 20.3 Å². The minimum absolute atomic E-state index is 0.125. The molecule has 0 fully saturated rings. The zero-order valence-corrected chi connectivity index (χ0v) is 9.68. The van der Waals surface area contributed by atoms with Gasteiger partial charge in [0.05, 0.1) is 5.56 Å². The van der Waals surface area contributed by atoms with Crippen molar-refractivity contribution < 1.29 is 19.4 Å². The van der Waals surface area contributed by atoms with Gasteiger partial charge in [0.15, 0.2) is 0 Å². The van der Waals surface area contributed by atoms with Crippen molar-refractivity contribution in [3.8, 4) is 0 Å². The Morgan fingerprint density at radius 2 is 2.29 bits per heavy atom. The molecule has 0 bridgehead atoms. The van der Waals surface area contributed by atoms with Crippen LogP contribution in [-0.2, 0) is 16.1 Å².